The number of rotatable bonds is 5. The Labute approximate surface area is 120 Å². The first-order chi connectivity index (χ1) is 8.65. The van der Waals surface area contributed by atoms with E-state index in [4.69, 9.17) is 28.9 Å². The first-order valence-corrected chi connectivity index (χ1v) is 7.26. The van der Waals surface area contributed by atoms with Gasteiger partial charge in [0.15, 0.2) is 0 Å². The van der Waals surface area contributed by atoms with E-state index in [-0.39, 0.29) is 0 Å². The van der Waals surface area contributed by atoms with E-state index >= 15 is 0 Å². The number of benzene rings is 1. The number of aryl methyl sites for hydroxylation is 1. The van der Waals surface area contributed by atoms with Gasteiger partial charge in [-0.05, 0) is 36.4 Å². The van der Waals surface area contributed by atoms with Crippen LogP contribution in [0.2, 0.25) is 10.0 Å². The number of thioether (sulfide) groups is 1. The van der Waals surface area contributed by atoms with Crippen LogP contribution in [-0.2, 0) is 6.54 Å². The Kier molecular flexibility index (Phi) is 4.80. The van der Waals surface area contributed by atoms with Crippen LogP contribution in [0.5, 0.6) is 0 Å². The number of anilines is 1. The summed E-state index contributed by atoms with van der Waals surface area (Å²) in [5.41, 5.74) is 5.54. The number of nitrogens with two attached hydrogens (primary N) is 1. The molecular weight excluding hydrogens is 289 g/mol. The van der Waals surface area contributed by atoms with Crippen LogP contribution >= 0.6 is 35.0 Å². The van der Waals surface area contributed by atoms with Gasteiger partial charge in [0.1, 0.15) is 5.82 Å². The molecule has 6 heteroatoms. The highest BCUT2D eigenvalue weighted by molar-refractivity contribution is 7.99. The van der Waals surface area contributed by atoms with E-state index < -0.39 is 0 Å². The normalized spacial score (nSPS) is 10.8. The van der Waals surface area contributed by atoms with Gasteiger partial charge in [0.05, 0.1) is 10.0 Å². The summed E-state index contributed by atoms with van der Waals surface area (Å²) in [4.78, 5) is 1.13. The van der Waals surface area contributed by atoms with Crippen LogP contribution in [0.3, 0.4) is 0 Å². The molecule has 0 radical (unpaired) electrons. The predicted molar refractivity (Wildman–Crippen MR) is 78.4 cm³/mol. The van der Waals surface area contributed by atoms with Crippen LogP contribution < -0.4 is 5.73 Å². The van der Waals surface area contributed by atoms with Crippen molar-refractivity contribution in [3.63, 3.8) is 0 Å². The lowest BCUT2D eigenvalue weighted by Crippen LogP contribution is -2.00. The molecule has 2 rings (SSSR count). The second-order valence-electron chi connectivity index (χ2n) is 3.78. The molecule has 0 unspecified atom stereocenters. The summed E-state index contributed by atoms with van der Waals surface area (Å²) >= 11 is 13.6. The van der Waals surface area contributed by atoms with E-state index in [1.807, 2.05) is 29.1 Å². The van der Waals surface area contributed by atoms with Gasteiger partial charge in [0, 0.05) is 17.6 Å². The van der Waals surface area contributed by atoms with Gasteiger partial charge in [-0.1, -0.05) is 23.2 Å². The molecule has 0 bridgehead atoms. The van der Waals surface area contributed by atoms with Gasteiger partial charge in [-0.25, -0.2) is 0 Å². The van der Waals surface area contributed by atoms with Crippen LogP contribution in [0.15, 0.2) is 35.4 Å². The minimum Gasteiger partial charge on any atom is -0.382 e. The molecule has 2 aromatic rings. The number of nitrogen functional groups attached to an aromatic ring is 1. The summed E-state index contributed by atoms with van der Waals surface area (Å²) < 4.78 is 1.85. The minimum absolute atomic E-state index is 0.562. The third kappa shape index (κ3) is 3.83. The van der Waals surface area contributed by atoms with Crippen LogP contribution in [0.1, 0.15) is 6.42 Å². The molecule has 1 aromatic heterocycles. The molecule has 3 nitrogen and oxygen atoms in total. The van der Waals surface area contributed by atoms with Gasteiger partial charge in [0.25, 0.3) is 0 Å². The first kappa shape index (κ1) is 13.6. The van der Waals surface area contributed by atoms with E-state index in [9.17, 15) is 0 Å². The molecule has 1 aromatic carbocycles. The maximum absolute atomic E-state index is 5.95. The van der Waals surface area contributed by atoms with Crippen molar-refractivity contribution in [2.75, 3.05) is 11.5 Å². The van der Waals surface area contributed by atoms with Gasteiger partial charge in [-0.2, -0.15) is 5.10 Å². The largest absolute Gasteiger partial charge is 0.382 e. The molecule has 0 atom stereocenters. The molecule has 0 spiro atoms. The second-order valence-corrected chi connectivity index (χ2v) is 5.76. The zero-order valence-corrected chi connectivity index (χ0v) is 12.0. The van der Waals surface area contributed by atoms with Gasteiger partial charge in [-0.15, -0.1) is 11.8 Å². The monoisotopic (exact) mass is 301 g/mol. The number of hydrogen-bond acceptors (Lipinski definition) is 3. The van der Waals surface area contributed by atoms with Crippen LogP contribution in [0.25, 0.3) is 0 Å². The highest BCUT2D eigenvalue weighted by Crippen LogP contribution is 2.28. The molecule has 1 heterocycles. The van der Waals surface area contributed by atoms with E-state index in [2.05, 4.69) is 5.10 Å². The lowest BCUT2D eigenvalue weighted by atomic mass is 10.4. The Morgan fingerprint density at radius 2 is 2.06 bits per heavy atom. The average Bonchev–Trinajstić information content (AvgIpc) is 2.75. The molecular formula is C12H13Cl2N3S. The van der Waals surface area contributed by atoms with E-state index in [0.717, 1.165) is 23.6 Å². The third-order valence-corrected chi connectivity index (χ3v) is 4.17. The maximum Gasteiger partial charge on any atom is 0.145 e. The third-order valence-electron chi connectivity index (χ3n) is 2.35. The predicted octanol–water partition coefficient (Wildman–Crippen LogP) is 3.95. The number of nitrogens with zero attached hydrogens (tertiary/aromatic N) is 2. The van der Waals surface area contributed by atoms with Crippen molar-refractivity contribution >= 4 is 40.8 Å². The van der Waals surface area contributed by atoms with Gasteiger partial charge in [-0.3, -0.25) is 4.68 Å². The standard InChI is InChI=1S/C12H13Cl2N3S/c13-10-3-2-9(8-11(10)14)18-7-1-5-17-6-4-12(15)16-17/h2-4,6,8H,1,5,7H2,(H2,15,16). The Bertz CT molecular complexity index is 528. The maximum atomic E-state index is 5.95. The zero-order chi connectivity index (χ0) is 13.0. The van der Waals surface area contributed by atoms with E-state index in [1.165, 1.54) is 0 Å². The van der Waals surface area contributed by atoms with Crippen LogP contribution in [-0.4, -0.2) is 15.5 Å². The SMILES string of the molecule is Nc1ccn(CCCSc2ccc(Cl)c(Cl)c2)n1. The quantitative estimate of drug-likeness (QED) is 0.671. The van der Waals surface area contributed by atoms with Gasteiger partial charge < -0.3 is 5.73 Å². The molecule has 0 saturated heterocycles. The summed E-state index contributed by atoms with van der Waals surface area (Å²) in [6, 6.07) is 7.48. The fourth-order valence-corrected chi connectivity index (χ4v) is 2.72. The molecule has 0 amide bonds. The van der Waals surface area contributed by atoms with Crippen molar-refractivity contribution in [3.8, 4) is 0 Å². The van der Waals surface area contributed by atoms with Crippen molar-refractivity contribution in [2.24, 2.45) is 0 Å². The summed E-state index contributed by atoms with van der Waals surface area (Å²) in [7, 11) is 0. The molecule has 2 N–H and O–H groups in total. The van der Waals surface area contributed by atoms with E-state index in [1.54, 1.807) is 17.8 Å². The topological polar surface area (TPSA) is 43.8 Å². The molecule has 0 aliphatic carbocycles. The highest BCUT2D eigenvalue weighted by Gasteiger charge is 2.00. The summed E-state index contributed by atoms with van der Waals surface area (Å²) in [6.07, 6.45) is 2.91. The highest BCUT2D eigenvalue weighted by atomic mass is 35.5. The fraction of sp³-hybridized carbons (Fsp3) is 0.250. The van der Waals surface area contributed by atoms with Crippen molar-refractivity contribution in [1.29, 1.82) is 0 Å². The molecule has 18 heavy (non-hydrogen) atoms. The first-order valence-electron chi connectivity index (χ1n) is 5.52. The zero-order valence-electron chi connectivity index (χ0n) is 9.64. The minimum atomic E-state index is 0.562. The molecule has 0 aliphatic heterocycles. The van der Waals surface area contributed by atoms with Crippen molar-refractivity contribution in [3.05, 3.63) is 40.5 Å². The van der Waals surface area contributed by atoms with Crippen molar-refractivity contribution in [1.82, 2.24) is 9.78 Å². The second kappa shape index (κ2) is 6.36. The Morgan fingerprint density at radius 3 is 2.72 bits per heavy atom. The fourth-order valence-electron chi connectivity index (χ4n) is 1.49. The average molecular weight is 302 g/mol. The molecule has 0 fully saturated rings. The molecule has 96 valence electrons. The molecule has 0 saturated carbocycles. The van der Waals surface area contributed by atoms with Gasteiger partial charge >= 0.3 is 0 Å². The van der Waals surface area contributed by atoms with Crippen LogP contribution in [0.4, 0.5) is 5.82 Å². The summed E-state index contributed by atoms with van der Waals surface area (Å²) in [6.45, 7) is 0.867. The smallest absolute Gasteiger partial charge is 0.145 e. The van der Waals surface area contributed by atoms with Crippen molar-refractivity contribution < 1.29 is 0 Å². The number of halogens is 2. The van der Waals surface area contributed by atoms with Crippen molar-refractivity contribution in [2.45, 2.75) is 17.9 Å². The van der Waals surface area contributed by atoms with E-state index in [0.29, 0.717) is 15.9 Å². The van der Waals surface area contributed by atoms with Crippen LogP contribution in [0, 0.1) is 0 Å². The Balaban J connectivity index is 1.76. The summed E-state index contributed by atoms with van der Waals surface area (Å²) in [5.74, 6) is 1.56. The summed E-state index contributed by atoms with van der Waals surface area (Å²) in [5, 5.41) is 5.32. The number of aromatic nitrogens is 2. The lowest BCUT2D eigenvalue weighted by molar-refractivity contribution is 0.608. The lowest BCUT2D eigenvalue weighted by Gasteiger charge is -2.04. The van der Waals surface area contributed by atoms with Gasteiger partial charge in [0.2, 0.25) is 0 Å². The Morgan fingerprint density at radius 1 is 1.22 bits per heavy atom. The molecule has 0 aliphatic rings. The Hall–Kier alpha value is -0.840. The number of hydrogen-bond donors (Lipinski definition) is 1.